The fourth-order valence-corrected chi connectivity index (χ4v) is 2.18. The van der Waals surface area contributed by atoms with E-state index in [2.05, 4.69) is 10.6 Å². The van der Waals surface area contributed by atoms with Gasteiger partial charge in [-0.15, -0.1) is 0 Å². The van der Waals surface area contributed by atoms with E-state index in [1.54, 1.807) is 6.07 Å². The fraction of sp³-hybridized carbons (Fsp3) is 0.385. The predicted molar refractivity (Wildman–Crippen MR) is 69.2 cm³/mol. The maximum absolute atomic E-state index is 11.9. The Balaban J connectivity index is 1.97. The molecule has 18 heavy (non-hydrogen) atoms. The smallest absolute Gasteiger partial charge is 0.243 e. The van der Waals surface area contributed by atoms with Crippen molar-refractivity contribution in [3.8, 4) is 0 Å². The van der Waals surface area contributed by atoms with Gasteiger partial charge >= 0.3 is 0 Å². The maximum Gasteiger partial charge on any atom is 0.243 e. The number of carbonyl (C=O) groups is 2. The highest BCUT2D eigenvalue weighted by atomic mass is 35.5. The molecule has 1 fully saturated rings. The van der Waals surface area contributed by atoms with Crippen LogP contribution in [0.3, 0.4) is 0 Å². The van der Waals surface area contributed by atoms with Crippen molar-refractivity contribution in [1.82, 2.24) is 10.6 Å². The highest BCUT2D eigenvalue weighted by Gasteiger charge is 2.27. The van der Waals surface area contributed by atoms with Gasteiger partial charge < -0.3 is 10.6 Å². The largest absolute Gasteiger partial charge is 0.348 e. The molecule has 2 atom stereocenters. The number of nitrogens with one attached hydrogen (secondary N) is 2. The lowest BCUT2D eigenvalue weighted by atomic mass is 10.1. The number of hydrogen-bond acceptors (Lipinski definition) is 2. The fourth-order valence-electron chi connectivity index (χ4n) is 1.98. The summed E-state index contributed by atoms with van der Waals surface area (Å²) in [6.45, 7) is 1.89. The van der Waals surface area contributed by atoms with Crippen LogP contribution in [-0.4, -0.2) is 17.9 Å². The van der Waals surface area contributed by atoms with Crippen LogP contribution in [0, 0.1) is 0 Å². The Morgan fingerprint density at radius 2 is 2.33 bits per heavy atom. The molecule has 2 amide bonds. The monoisotopic (exact) mass is 266 g/mol. The second kappa shape index (κ2) is 5.40. The van der Waals surface area contributed by atoms with E-state index >= 15 is 0 Å². The first-order chi connectivity index (χ1) is 8.56. The van der Waals surface area contributed by atoms with Gasteiger partial charge in [-0.1, -0.05) is 23.7 Å². The molecule has 5 heteroatoms. The second-order valence-electron chi connectivity index (χ2n) is 4.44. The summed E-state index contributed by atoms with van der Waals surface area (Å²) < 4.78 is 0. The van der Waals surface area contributed by atoms with Gasteiger partial charge in [-0.3, -0.25) is 9.59 Å². The quantitative estimate of drug-likeness (QED) is 0.876. The molecule has 1 saturated heterocycles. The zero-order valence-electron chi connectivity index (χ0n) is 10.1. The summed E-state index contributed by atoms with van der Waals surface area (Å²) >= 11 is 5.90. The van der Waals surface area contributed by atoms with Crippen LogP contribution in [0.2, 0.25) is 5.02 Å². The van der Waals surface area contributed by atoms with Crippen LogP contribution in [0.4, 0.5) is 0 Å². The van der Waals surface area contributed by atoms with Crippen molar-refractivity contribution >= 4 is 23.4 Å². The van der Waals surface area contributed by atoms with E-state index in [0.29, 0.717) is 17.9 Å². The molecule has 2 unspecified atom stereocenters. The third-order valence-electron chi connectivity index (χ3n) is 3.02. The molecule has 0 saturated carbocycles. The molecule has 1 aliphatic rings. The minimum atomic E-state index is -0.404. The Labute approximate surface area is 111 Å². The van der Waals surface area contributed by atoms with Crippen molar-refractivity contribution in [2.75, 3.05) is 0 Å². The van der Waals surface area contributed by atoms with Gasteiger partial charge in [-0.05, 0) is 31.0 Å². The lowest BCUT2D eigenvalue weighted by Crippen LogP contribution is -2.42. The predicted octanol–water partition coefficient (Wildman–Crippen LogP) is 1.80. The standard InChI is InChI=1S/C13H15ClN2O2/c1-8(9-3-2-4-10(14)7-9)15-13(18)11-5-6-12(17)16-11/h2-4,7-8,11H,5-6H2,1H3,(H,15,18)(H,16,17). The number of rotatable bonds is 3. The van der Waals surface area contributed by atoms with Crippen molar-refractivity contribution in [2.24, 2.45) is 0 Å². The second-order valence-corrected chi connectivity index (χ2v) is 4.88. The molecule has 0 spiro atoms. The van der Waals surface area contributed by atoms with Crippen molar-refractivity contribution in [1.29, 1.82) is 0 Å². The first-order valence-electron chi connectivity index (χ1n) is 5.91. The molecule has 1 heterocycles. The Kier molecular flexibility index (Phi) is 3.87. The van der Waals surface area contributed by atoms with Crippen molar-refractivity contribution in [2.45, 2.75) is 31.8 Å². The molecule has 0 radical (unpaired) electrons. The summed E-state index contributed by atoms with van der Waals surface area (Å²) in [4.78, 5) is 23.0. The summed E-state index contributed by atoms with van der Waals surface area (Å²) in [6.07, 6.45) is 0.983. The Hall–Kier alpha value is -1.55. The summed E-state index contributed by atoms with van der Waals surface area (Å²) in [5, 5.41) is 6.16. The average molecular weight is 267 g/mol. The van der Waals surface area contributed by atoms with E-state index in [1.165, 1.54) is 0 Å². The van der Waals surface area contributed by atoms with Crippen molar-refractivity contribution in [3.63, 3.8) is 0 Å². The summed E-state index contributed by atoms with van der Waals surface area (Å²) in [5.41, 5.74) is 0.945. The van der Waals surface area contributed by atoms with E-state index in [9.17, 15) is 9.59 Å². The Bertz CT molecular complexity index is 476. The van der Waals surface area contributed by atoms with Crippen LogP contribution < -0.4 is 10.6 Å². The summed E-state index contributed by atoms with van der Waals surface area (Å²) in [7, 11) is 0. The third-order valence-corrected chi connectivity index (χ3v) is 3.25. The molecular formula is C13H15ClN2O2. The highest BCUT2D eigenvalue weighted by molar-refractivity contribution is 6.30. The lowest BCUT2D eigenvalue weighted by Gasteiger charge is -2.17. The average Bonchev–Trinajstić information content (AvgIpc) is 2.76. The molecular weight excluding hydrogens is 252 g/mol. The minimum Gasteiger partial charge on any atom is -0.348 e. The van der Waals surface area contributed by atoms with Gasteiger partial charge in [0.05, 0.1) is 6.04 Å². The zero-order valence-corrected chi connectivity index (χ0v) is 10.8. The first kappa shape index (κ1) is 12.9. The molecule has 2 N–H and O–H groups in total. The van der Waals surface area contributed by atoms with Gasteiger partial charge in [0.1, 0.15) is 6.04 Å². The molecule has 1 aromatic rings. The van der Waals surface area contributed by atoms with E-state index < -0.39 is 6.04 Å². The van der Waals surface area contributed by atoms with Crippen molar-refractivity contribution in [3.05, 3.63) is 34.9 Å². The molecule has 4 nitrogen and oxygen atoms in total. The van der Waals surface area contributed by atoms with Gasteiger partial charge in [0, 0.05) is 11.4 Å². The van der Waals surface area contributed by atoms with Gasteiger partial charge in [0.25, 0.3) is 0 Å². The number of hydrogen-bond donors (Lipinski definition) is 2. The molecule has 1 aliphatic heterocycles. The molecule has 1 aromatic carbocycles. The van der Waals surface area contributed by atoms with Gasteiger partial charge in [-0.2, -0.15) is 0 Å². The topological polar surface area (TPSA) is 58.2 Å². The maximum atomic E-state index is 11.9. The van der Waals surface area contributed by atoms with Crippen molar-refractivity contribution < 1.29 is 9.59 Å². The highest BCUT2D eigenvalue weighted by Crippen LogP contribution is 2.18. The van der Waals surface area contributed by atoms with Gasteiger partial charge in [0.15, 0.2) is 0 Å². The number of benzene rings is 1. The van der Waals surface area contributed by atoms with Gasteiger partial charge in [0.2, 0.25) is 11.8 Å². The molecule has 96 valence electrons. The Morgan fingerprint density at radius 1 is 1.56 bits per heavy atom. The van der Waals surface area contributed by atoms with E-state index in [4.69, 9.17) is 11.6 Å². The van der Waals surface area contributed by atoms with Crippen LogP contribution in [0.15, 0.2) is 24.3 Å². The number of amides is 2. The minimum absolute atomic E-state index is 0.0643. The van der Waals surface area contributed by atoms with Crippen LogP contribution in [0.25, 0.3) is 0 Å². The SMILES string of the molecule is CC(NC(=O)C1CCC(=O)N1)c1cccc(Cl)c1. The van der Waals surface area contributed by atoms with Gasteiger partial charge in [-0.25, -0.2) is 0 Å². The first-order valence-corrected chi connectivity index (χ1v) is 6.29. The van der Waals surface area contributed by atoms with Crippen LogP contribution in [0.1, 0.15) is 31.4 Å². The summed E-state index contributed by atoms with van der Waals surface area (Å²) in [5.74, 6) is -0.209. The lowest BCUT2D eigenvalue weighted by molar-refractivity contribution is -0.126. The van der Waals surface area contributed by atoms with E-state index in [1.807, 2.05) is 25.1 Å². The summed E-state index contributed by atoms with van der Waals surface area (Å²) in [6, 6.07) is 6.82. The van der Waals surface area contributed by atoms with E-state index in [-0.39, 0.29) is 17.9 Å². The normalized spacial score (nSPS) is 20.3. The van der Waals surface area contributed by atoms with Crippen LogP contribution >= 0.6 is 11.6 Å². The molecule has 0 aromatic heterocycles. The van der Waals surface area contributed by atoms with Crippen LogP contribution in [0.5, 0.6) is 0 Å². The zero-order chi connectivity index (χ0) is 13.1. The third kappa shape index (κ3) is 3.01. The number of carbonyl (C=O) groups excluding carboxylic acids is 2. The molecule has 0 aliphatic carbocycles. The van der Waals surface area contributed by atoms with Crippen LogP contribution in [-0.2, 0) is 9.59 Å². The number of halogens is 1. The molecule has 0 bridgehead atoms. The molecule has 2 rings (SSSR count). The van der Waals surface area contributed by atoms with E-state index in [0.717, 1.165) is 5.56 Å². The Morgan fingerprint density at radius 3 is 2.94 bits per heavy atom.